The topological polar surface area (TPSA) is 54.4 Å². The molecular formula is C7H5Cl3O3S. The molecule has 14 heavy (non-hydrogen) atoms. The summed E-state index contributed by atoms with van der Waals surface area (Å²) < 4.78 is 28.4. The van der Waals surface area contributed by atoms with E-state index in [1.54, 1.807) is 0 Å². The zero-order valence-electron chi connectivity index (χ0n) is 6.62. The molecule has 0 amide bonds. The van der Waals surface area contributed by atoms with Crippen molar-refractivity contribution in [1.29, 1.82) is 0 Å². The maximum atomic E-state index is 10.7. The van der Waals surface area contributed by atoms with Crippen LogP contribution in [0.25, 0.3) is 0 Å². The van der Waals surface area contributed by atoms with Crippen LogP contribution in [0.1, 0.15) is 5.56 Å². The molecule has 78 valence electrons. The minimum atomic E-state index is -4.19. The van der Waals surface area contributed by atoms with Crippen molar-refractivity contribution in [2.24, 2.45) is 0 Å². The molecule has 1 aromatic rings. The van der Waals surface area contributed by atoms with Crippen molar-refractivity contribution in [2.75, 3.05) is 0 Å². The Morgan fingerprint density at radius 1 is 1.07 bits per heavy atom. The second-order valence-electron chi connectivity index (χ2n) is 2.50. The van der Waals surface area contributed by atoms with Gasteiger partial charge < -0.3 is 0 Å². The summed E-state index contributed by atoms with van der Waals surface area (Å²) in [7, 11) is -4.19. The molecule has 0 radical (unpaired) electrons. The molecule has 0 heterocycles. The monoisotopic (exact) mass is 274 g/mol. The maximum absolute atomic E-state index is 10.7. The van der Waals surface area contributed by atoms with Gasteiger partial charge in [-0.05, 0) is 12.1 Å². The largest absolute Gasteiger partial charge is 0.294 e. The summed E-state index contributed by atoms with van der Waals surface area (Å²) >= 11 is 16.6. The Morgan fingerprint density at radius 2 is 1.50 bits per heavy atom. The molecule has 0 spiro atoms. The lowest BCUT2D eigenvalue weighted by molar-refractivity contribution is 0.483. The average molecular weight is 276 g/mol. The first kappa shape index (κ1) is 12.1. The Labute approximate surface area is 96.3 Å². The predicted molar refractivity (Wildman–Crippen MR) is 55.5 cm³/mol. The Morgan fingerprint density at radius 3 is 1.79 bits per heavy atom. The van der Waals surface area contributed by atoms with E-state index >= 15 is 0 Å². The van der Waals surface area contributed by atoms with Crippen LogP contribution in [0.3, 0.4) is 0 Å². The normalized spacial score (nSPS) is 12.9. The van der Waals surface area contributed by atoms with Gasteiger partial charge in [-0.3, -0.25) is 4.55 Å². The van der Waals surface area contributed by atoms with Gasteiger partial charge in [-0.15, -0.1) is 0 Å². The van der Waals surface area contributed by atoms with Crippen LogP contribution < -0.4 is 0 Å². The molecule has 0 aliphatic rings. The van der Waals surface area contributed by atoms with E-state index in [0.717, 1.165) is 12.1 Å². The van der Waals surface area contributed by atoms with E-state index in [0.29, 0.717) is 5.56 Å². The molecule has 1 N–H and O–H groups in total. The highest BCUT2D eigenvalue weighted by Gasteiger charge is 2.23. The van der Waals surface area contributed by atoms with Crippen molar-refractivity contribution in [3.8, 4) is 0 Å². The van der Waals surface area contributed by atoms with Crippen LogP contribution in [0.2, 0.25) is 0 Å². The van der Waals surface area contributed by atoms with E-state index in [4.69, 9.17) is 39.4 Å². The minimum absolute atomic E-state index is 0.240. The van der Waals surface area contributed by atoms with Gasteiger partial charge in [-0.25, -0.2) is 0 Å². The molecule has 0 atom stereocenters. The zero-order chi connectivity index (χ0) is 11.0. The lowest BCUT2D eigenvalue weighted by Gasteiger charge is -2.10. The summed E-state index contributed by atoms with van der Waals surface area (Å²) in [5, 5.41) is 0. The molecular weight excluding hydrogens is 270 g/mol. The lowest BCUT2D eigenvalue weighted by Crippen LogP contribution is -2.02. The number of rotatable bonds is 1. The fourth-order valence-electron chi connectivity index (χ4n) is 0.816. The van der Waals surface area contributed by atoms with Gasteiger partial charge >= 0.3 is 0 Å². The number of hydrogen-bond acceptors (Lipinski definition) is 2. The molecule has 0 aliphatic heterocycles. The fourth-order valence-corrected chi connectivity index (χ4v) is 1.67. The van der Waals surface area contributed by atoms with E-state index in [2.05, 4.69) is 0 Å². The summed E-state index contributed by atoms with van der Waals surface area (Å²) in [5.41, 5.74) is 0.329. The number of hydrogen-bond donors (Lipinski definition) is 1. The zero-order valence-corrected chi connectivity index (χ0v) is 9.70. The predicted octanol–water partition coefficient (Wildman–Crippen LogP) is 2.76. The first-order valence-corrected chi connectivity index (χ1v) is 5.93. The standard InChI is InChI=1S/C7H5Cl3O3S/c8-7(9,10)5-1-3-6(4-2-5)14(11,12)13/h1-4H,(H,11,12,13). The highest BCUT2D eigenvalue weighted by Crippen LogP contribution is 2.38. The van der Waals surface area contributed by atoms with E-state index in [1.807, 2.05) is 0 Å². The first-order chi connectivity index (χ1) is 6.21. The number of alkyl halides is 3. The molecule has 1 aromatic carbocycles. The van der Waals surface area contributed by atoms with Crippen LogP contribution in [0.15, 0.2) is 29.2 Å². The van der Waals surface area contributed by atoms with Crippen molar-refractivity contribution in [3.63, 3.8) is 0 Å². The minimum Gasteiger partial charge on any atom is -0.282 e. The Hall–Kier alpha value is -0.000000000000000167. The van der Waals surface area contributed by atoms with Crippen molar-refractivity contribution < 1.29 is 13.0 Å². The van der Waals surface area contributed by atoms with Crippen molar-refractivity contribution in [1.82, 2.24) is 0 Å². The Kier molecular flexibility index (Phi) is 3.33. The second kappa shape index (κ2) is 3.87. The fraction of sp³-hybridized carbons (Fsp3) is 0.143. The van der Waals surface area contributed by atoms with Crippen molar-refractivity contribution >= 4 is 44.9 Å². The van der Waals surface area contributed by atoms with Gasteiger partial charge in [0.05, 0.1) is 4.90 Å². The summed E-state index contributed by atoms with van der Waals surface area (Å²) in [4.78, 5) is -0.240. The van der Waals surface area contributed by atoms with E-state index in [1.165, 1.54) is 12.1 Å². The van der Waals surface area contributed by atoms with E-state index in [-0.39, 0.29) is 4.90 Å². The molecule has 0 saturated heterocycles. The van der Waals surface area contributed by atoms with Crippen LogP contribution >= 0.6 is 34.8 Å². The molecule has 0 aromatic heterocycles. The second-order valence-corrected chi connectivity index (χ2v) is 6.20. The lowest BCUT2D eigenvalue weighted by atomic mass is 10.2. The van der Waals surface area contributed by atoms with Crippen LogP contribution in [0.4, 0.5) is 0 Å². The van der Waals surface area contributed by atoms with Gasteiger partial charge in [-0.1, -0.05) is 46.9 Å². The van der Waals surface area contributed by atoms with Crippen LogP contribution in [0.5, 0.6) is 0 Å². The molecule has 0 aliphatic carbocycles. The van der Waals surface area contributed by atoms with E-state index in [9.17, 15) is 8.42 Å². The van der Waals surface area contributed by atoms with Gasteiger partial charge in [-0.2, -0.15) is 8.42 Å². The van der Waals surface area contributed by atoms with Crippen LogP contribution in [-0.4, -0.2) is 13.0 Å². The number of halogens is 3. The Bertz CT molecular complexity index is 418. The van der Waals surface area contributed by atoms with Crippen molar-refractivity contribution in [3.05, 3.63) is 29.8 Å². The highest BCUT2D eigenvalue weighted by atomic mass is 35.6. The maximum Gasteiger partial charge on any atom is 0.294 e. The summed E-state index contributed by atoms with van der Waals surface area (Å²) in [6.45, 7) is 0. The third kappa shape index (κ3) is 3.00. The molecule has 0 saturated carbocycles. The van der Waals surface area contributed by atoms with Gasteiger partial charge in [0.25, 0.3) is 10.1 Å². The van der Waals surface area contributed by atoms with Crippen LogP contribution in [0, 0.1) is 0 Å². The third-order valence-corrected chi connectivity index (χ3v) is 3.00. The van der Waals surface area contributed by atoms with Gasteiger partial charge in [0.1, 0.15) is 0 Å². The summed E-state index contributed by atoms with van der Waals surface area (Å²) in [6, 6.07) is 4.95. The average Bonchev–Trinajstić information content (AvgIpc) is 2.01. The Balaban J connectivity index is 3.14. The first-order valence-electron chi connectivity index (χ1n) is 3.36. The highest BCUT2D eigenvalue weighted by molar-refractivity contribution is 7.85. The molecule has 0 bridgehead atoms. The molecule has 0 unspecified atom stereocenters. The third-order valence-electron chi connectivity index (χ3n) is 1.48. The molecule has 7 heteroatoms. The quantitative estimate of drug-likeness (QED) is 0.633. The van der Waals surface area contributed by atoms with Gasteiger partial charge in [0, 0.05) is 5.56 Å². The van der Waals surface area contributed by atoms with Crippen molar-refractivity contribution in [2.45, 2.75) is 8.69 Å². The van der Waals surface area contributed by atoms with Crippen LogP contribution in [-0.2, 0) is 13.9 Å². The summed E-state index contributed by atoms with van der Waals surface area (Å²) in [5.74, 6) is 0. The number of benzene rings is 1. The molecule has 1 rings (SSSR count). The van der Waals surface area contributed by atoms with E-state index < -0.39 is 13.9 Å². The van der Waals surface area contributed by atoms with Gasteiger partial charge in [0.2, 0.25) is 3.79 Å². The smallest absolute Gasteiger partial charge is 0.282 e. The molecule has 3 nitrogen and oxygen atoms in total. The van der Waals surface area contributed by atoms with Gasteiger partial charge in [0.15, 0.2) is 0 Å². The SMILES string of the molecule is O=S(=O)(O)c1ccc(C(Cl)(Cl)Cl)cc1. The summed E-state index contributed by atoms with van der Waals surface area (Å²) in [6.07, 6.45) is 0. The molecule has 0 fully saturated rings.